The van der Waals surface area contributed by atoms with Gasteiger partial charge in [-0.15, -0.1) is 11.3 Å². The molecule has 2 aromatic heterocycles. The normalized spacial score (nSPS) is 11.0. The summed E-state index contributed by atoms with van der Waals surface area (Å²) in [6.07, 6.45) is 1.07. The van der Waals surface area contributed by atoms with Crippen molar-refractivity contribution >= 4 is 23.0 Å². The number of anilines is 2. The maximum atomic E-state index is 4.68. The van der Waals surface area contributed by atoms with Gasteiger partial charge in [-0.25, -0.2) is 9.97 Å². The SMILES string of the molecule is CCc1ccsc1CNc1nc(C(C)C)nc(NC)c1C. The van der Waals surface area contributed by atoms with Gasteiger partial charge in [0.25, 0.3) is 0 Å². The number of rotatable bonds is 6. The molecular formula is C16H24N4S. The molecule has 2 heterocycles. The van der Waals surface area contributed by atoms with Crippen LogP contribution >= 0.6 is 11.3 Å². The quantitative estimate of drug-likeness (QED) is 0.840. The number of nitrogens with zero attached hydrogens (tertiary/aromatic N) is 2. The van der Waals surface area contributed by atoms with Crippen LogP contribution in [0.1, 0.15) is 48.5 Å². The smallest absolute Gasteiger partial charge is 0.135 e. The van der Waals surface area contributed by atoms with E-state index in [-0.39, 0.29) is 0 Å². The number of hydrogen-bond acceptors (Lipinski definition) is 5. The monoisotopic (exact) mass is 304 g/mol. The van der Waals surface area contributed by atoms with Gasteiger partial charge in [-0.05, 0) is 30.4 Å². The lowest BCUT2D eigenvalue weighted by Gasteiger charge is -2.15. The maximum absolute atomic E-state index is 4.68. The molecule has 0 saturated heterocycles. The number of hydrogen-bond donors (Lipinski definition) is 2. The number of aromatic nitrogens is 2. The Bertz CT molecular complexity index is 604. The van der Waals surface area contributed by atoms with Crippen LogP contribution in [0.25, 0.3) is 0 Å². The van der Waals surface area contributed by atoms with Gasteiger partial charge < -0.3 is 10.6 Å². The van der Waals surface area contributed by atoms with Gasteiger partial charge in [-0.3, -0.25) is 0 Å². The minimum absolute atomic E-state index is 0.311. The van der Waals surface area contributed by atoms with Crippen LogP contribution in [0.4, 0.5) is 11.6 Å². The van der Waals surface area contributed by atoms with Gasteiger partial charge in [0.1, 0.15) is 17.5 Å². The van der Waals surface area contributed by atoms with Gasteiger partial charge in [0, 0.05) is 23.4 Å². The average Bonchev–Trinajstić information content (AvgIpc) is 2.93. The Morgan fingerprint density at radius 2 is 1.95 bits per heavy atom. The molecule has 4 nitrogen and oxygen atoms in total. The highest BCUT2D eigenvalue weighted by molar-refractivity contribution is 7.10. The molecule has 0 bridgehead atoms. The zero-order valence-corrected chi connectivity index (χ0v) is 14.3. The molecule has 0 fully saturated rings. The summed E-state index contributed by atoms with van der Waals surface area (Å²) in [5.74, 6) is 3.01. The van der Waals surface area contributed by atoms with Gasteiger partial charge in [0.2, 0.25) is 0 Å². The fourth-order valence-electron chi connectivity index (χ4n) is 2.21. The lowest BCUT2D eigenvalue weighted by molar-refractivity contribution is 0.773. The topological polar surface area (TPSA) is 49.8 Å². The molecule has 21 heavy (non-hydrogen) atoms. The molecule has 0 saturated carbocycles. The van der Waals surface area contributed by atoms with E-state index in [1.54, 1.807) is 11.3 Å². The fraction of sp³-hybridized carbons (Fsp3) is 0.500. The van der Waals surface area contributed by atoms with Crippen molar-refractivity contribution in [3.05, 3.63) is 33.3 Å². The van der Waals surface area contributed by atoms with Crippen molar-refractivity contribution in [2.45, 2.75) is 46.6 Å². The molecule has 2 rings (SSSR count). The van der Waals surface area contributed by atoms with E-state index in [9.17, 15) is 0 Å². The molecule has 0 amide bonds. The number of aryl methyl sites for hydroxylation is 1. The third-order valence-electron chi connectivity index (χ3n) is 3.55. The van der Waals surface area contributed by atoms with Crippen LogP contribution in [0.3, 0.4) is 0 Å². The van der Waals surface area contributed by atoms with Crippen molar-refractivity contribution in [3.8, 4) is 0 Å². The predicted molar refractivity (Wildman–Crippen MR) is 91.4 cm³/mol. The Morgan fingerprint density at radius 1 is 1.24 bits per heavy atom. The molecule has 0 spiro atoms. The zero-order valence-electron chi connectivity index (χ0n) is 13.4. The summed E-state index contributed by atoms with van der Waals surface area (Å²) in [5, 5.41) is 8.79. The van der Waals surface area contributed by atoms with E-state index in [1.807, 2.05) is 14.0 Å². The molecule has 2 aromatic rings. The molecule has 0 unspecified atom stereocenters. The molecule has 0 atom stereocenters. The van der Waals surface area contributed by atoms with E-state index >= 15 is 0 Å². The van der Waals surface area contributed by atoms with E-state index in [1.165, 1.54) is 10.4 Å². The fourth-order valence-corrected chi connectivity index (χ4v) is 3.12. The standard InChI is InChI=1S/C16H24N4S/c1-6-12-7-8-21-13(12)9-18-16-11(4)15(17-5)19-14(20-16)10(2)3/h7-8,10H,6,9H2,1-5H3,(H2,17,18,19,20). The largest absolute Gasteiger partial charge is 0.373 e. The highest BCUT2D eigenvalue weighted by Crippen LogP contribution is 2.24. The summed E-state index contributed by atoms with van der Waals surface area (Å²) >= 11 is 1.80. The molecule has 0 aliphatic heterocycles. The number of thiophene rings is 1. The summed E-state index contributed by atoms with van der Waals surface area (Å²) in [4.78, 5) is 10.6. The van der Waals surface area contributed by atoms with Crippen LogP contribution < -0.4 is 10.6 Å². The van der Waals surface area contributed by atoms with Gasteiger partial charge >= 0.3 is 0 Å². The molecular weight excluding hydrogens is 280 g/mol. The van der Waals surface area contributed by atoms with Crippen molar-refractivity contribution in [2.75, 3.05) is 17.7 Å². The Kier molecular flexibility index (Phi) is 5.17. The first kappa shape index (κ1) is 15.8. The van der Waals surface area contributed by atoms with Crippen molar-refractivity contribution in [1.82, 2.24) is 9.97 Å². The first-order chi connectivity index (χ1) is 10.1. The van der Waals surface area contributed by atoms with Crippen LogP contribution in [0.5, 0.6) is 0 Å². The Balaban J connectivity index is 2.24. The second-order valence-electron chi connectivity index (χ2n) is 5.38. The molecule has 114 valence electrons. The van der Waals surface area contributed by atoms with Gasteiger partial charge in [-0.2, -0.15) is 0 Å². The molecule has 0 aliphatic rings. The average molecular weight is 304 g/mol. The van der Waals surface area contributed by atoms with Gasteiger partial charge in [0.15, 0.2) is 0 Å². The second-order valence-corrected chi connectivity index (χ2v) is 6.39. The number of nitrogens with one attached hydrogen (secondary N) is 2. The highest BCUT2D eigenvalue weighted by atomic mass is 32.1. The lowest BCUT2D eigenvalue weighted by atomic mass is 10.2. The summed E-state index contributed by atoms with van der Waals surface area (Å²) in [6.45, 7) is 9.29. The highest BCUT2D eigenvalue weighted by Gasteiger charge is 2.12. The molecule has 5 heteroatoms. The lowest BCUT2D eigenvalue weighted by Crippen LogP contribution is -2.10. The summed E-state index contributed by atoms with van der Waals surface area (Å²) in [6, 6.07) is 2.20. The molecule has 2 N–H and O–H groups in total. The zero-order chi connectivity index (χ0) is 15.4. The molecule has 0 radical (unpaired) electrons. The Labute approximate surface area is 131 Å². The van der Waals surface area contributed by atoms with Crippen molar-refractivity contribution in [1.29, 1.82) is 0 Å². The van der Waals surface area contributed by atoms with Crippen molar-refractivity contribution in [3.63, 3.8) is 0 Å². The second kappa shape index (κ2) is 6.89. The van der Waals surface area contributed by atoms with Crippen LogP contribution in [0.15, 0.2) is 11.4 Å². The Hall–Kier alpha value is -1.62. The minimum atomic E-state index is 0.311. The first-order valence-electron chi connectivity index (χ1n) is 7.42. The third-order valence-corrected chi connectivity index (χ3v) is 4.51. The van der Waals surface area contributed by atoms with Crippen LogP contribution in [0, 0.1) is 6.92 Å². The third kappa shape index (κ3) is 3.53. The first-order valence-corrected chi connectivity index (χ1v) is 8.30. The van der Waals surface area contributed by atoms with Crippen molar-refractivity contribution in [2.24, 2.45) is 0 Å². The minimum Gasteiger partial charge on any atom is -0.373 e. The van der Waals surface area contributed by atoms with Gasteiger partial charge in [-0.1, -0.05) is 20.8 Å². The van der Waals surface area contributed by atoms with E-state index in [0.717, 1.165) is 36.0 Å². The predicted octanol–water partition coefficient (Wildman–Crippen LogP) is 4.19. The van der Waals surface area contributed by atoms with Crippen LogP contribution in [-0.4, -0.2) is 17.0 Å². The molecule has 0 aliphatic carbocycles. The van der Waals surface area contributed by atoms with Crippen molar-refractivity contribution < 1.29 is 0 Å². The summed E-state index contributed by atoms with van der Waals surface area (Å²) in [7, 11) is 1.90. The van der Waals surface area contributed by atoms with Crippen LogP contribution in [0.2, 0.25) is 0 Å². The van der Waals surface area contributed by atoms with E-state index in [2.05, 4.69) is 52.8 Å². The summed E-state index contributed by atoms with van der Waals surface area (Å²) < 4.78 is 0. The molecule has 0 aromatic carbocycles. The maximum Gasteiger partial charge on any atom is 0.135 e. The van der Waals surface area contributed by atoms with E-state index < -0.39 is 0 Å². The van der Waals surface area contributed by atoms with E-state index in [4.69, 9.17) is 0 Å². The van der Waals surface area contributed by atoms with Crippen LogP contribution in [-0.2, 0) is 13.0 Å². The summed E-state index contributed by atoms with van der Waals surface area (Å²) in [5.41, 5.74) is 2.48. The van der Waals surface area contributed by atoms with E-state index in [0.29, 0.717) is 5.92 Å². The van der Waals surface area contributed by atoms with Gasteiger partial charge in [0.05, 0.1) is 6.54 Å². The Morgan fingerprint density at radius 3 is 2.57 bits per heavy atom.